The lowest BCUT2D eigenvalue weighted by atomic mass is 9.65. The van der Waals surface area contributed by atoms with Gasteiger partial charge in [0.2, 0.25) is 0 Å². The van der Waals surface area contributed by atoms with Crippen LogP contribution in [0.15, 0.2) is 241 Å². The van der Waals surface area contributed by atoms with Crippen LogP contribution < -0.4 is 4.90 Å². The molecular weight excluding hydrogens is 763 g/mol. The quantitative estimate of drug-likeness (QED) is 0.172. The number of hydrogen-bond donors (Lipinski definition) is 0. The summed E-state index contributed by atoms with van der Waals surface area (Å²) < 4.78 is 6.75. The molecule has 1 aromatic heterocycles. The maximum atomic E-state index is 6.75. The molecule has 1 spiro atoms. The molecule has 13 rings (SSSR count). The third-order valence-corrected chi connectivity index (χ3v) is 13.5. The van der Waals surface area contributed by atoms with Gasteiger partial charge in [0.05, 0.1) is 11.1 Å². The van der Waals surface area contributed by atoms with Crippen LogP contribution >= 0.6 is 0 Å². The Hall–Kier alpha value is -8.20. The number of hydrogen-bond acceptors (Lipinski definition) is 2. The lowest BCUT2D eigenvalue weighted by Crippen LogP contribution is -2.29. The first-order chi connectivity index (χ1) is 31.3. The molecule has 0 saturated carbocycles. The number of rotatable bonds is 5. The Morgan fingerprint density at radius 1 is 0.286 bits per heavy atom. The van der Waals surface area contributed by atoms with Gasteiger partial charge in [-0.3, -0.25) is 0 Å². The van der Waals surface area contributed by atoms with E-state index >= 15 is 0 Å². The van der Waals surface area contributed by atoms with Gasteiger partial charge in [-0.15, -0.1) is 0 Å². The average molecular weight is 802 g/mol. The third kappa shape index (κ3) is 5.25. The minimum atomic E-state index is -0.693. The van der Waals surface area contributed by atoms with E-state index in [0.29, 0.717) is 0 Å². The maximum Gasteiger partial charge on any atom is 0.135 e. The predicted octanol–water partition coefficient (Wildman–Crippen LogP) is 16.4. The molecule has 0 fully saturated rings. The topological polar surface area (TPSA) is 16.4 Å². The van der Waals surface area contributed by atoms with Crippen molar-refractivity contribution in [1.29, 1.82) is 0 Å². The molecule has 0 N–H and O–H groups in total. The van der Waals surface area contributed by atoms with E-state index in [9.17, 15) is 0 Å². The van der Waals surface area contributed by atoms with E-state index in [1.165, 1.54) is 72.3 Å². The fourth-order valence-corrected chi connectivity index (χ4v) is 10.8. The number of fused-ring (bicyclic) bond motifs is 15. The molecule has 2 aliphatic carbocycles. The number of anilines is 3. The van der Waals surface area contributed by atoms with Crippen molar-refractivity contribution in [2.24, 2.45) is 0 Å². The zero-order valence-corrected chi connectivity index (χ0v) is 34.4. The van der Waals surface area contributed by atoms with Crippen LogP contribution in [0.4, 0.5) is 17.1 Å². The van der Waals surface area contributed by atoms with Gasteiger partial charge in [-0.05, 0) is 121 Å². The highest BCUT2D eigenvalue weighted by molar-refractivity contribution is 6.09. The van der Waals surface area contributed by atoms with Crippen LogP contribution in [-0.2, 0) is 5.41 Å². The smallest absolute Gasteiger partial charge is 0.135 e. The van der Waals surface area contributed by atoms with E-state index < -0.39 is 5.41 Å². The predicted molar refractivity (Wildman–Crippen MR) is 261 cm³/mol. The Labute approximate surface area is 366 Å². The van der Waals surface area contributed by atoms with E-state index in [-0.39, 0.29) is 0 Å². The molecule has 63 heavy (non-hydrogen) atoms. The Balaban J connectivity index is 1.14. The van der Waals surface area contributed by atoms with Crippen molar-refractivity contribution in [3.8, 4) is 55.6 Å². The summed E-state index contributed by atoms with van der Waals surface area (Å²) in [6, 6.07) is 86.8. The van der Waals surface area contributed by atoms with Gasteiger partial charge < -0.3 is 9.32 Å². The second kappa shape index (κ2) is 13.9. The highest BCUT2D eigenvalue weighted by Crippen LogP contribution is 2.63. The zero-order valence-electron chi connectivity index (χ0n) is 34.4. The van der Waals surface area contributed by atoms with Gasteiger partial charge >= 0.3 is 0 Å². The van der Waals surface area contributed by atoms with Gasteiger partial charge in [0.15, 0.2) is 0 Å². The summed E-state index contributed by atoms with van der Waals surface area (Å²) in [6.07, 6.45) is 0. The SMILES string of the molecule is c1ccc(-c2ccc(N(c3ccc4c(c3)C3(c5ccccc5-c5ccccc5-4)c4ccccc4-c4cc5c(cc43)oc3ccccc35)c3ccccc3-c3ccccc3)cc2)cc1. The van der Waals surface area contributed by atoms with Crippen molar-refractivity contribution >= 4 is 39.0 Å². The molecule has 0 aliphatic heterocycles. The molecule has 2 aliphatic rings. The number of furan rings is 1. The molecule has 1 atom stereocenters. The van der Waals surface area contributed by atoms with Crippen LogP contribution in [0.2, 0.25) is 0 Å². The Bertz CT molecular complexity index is 3570. The molecule has 294 valence electrons. The molecule has 2 heteroatoms. The van der Waals surface area contributed by atoms with Crippen LogP contribution in [0.1, 0.15) is 22.3 Å². The zero-order chi connectivity index (χ0) is 41.5. The molecule has 2 nitrogen and oxygen atoms in total. The molecular formula is C61H39NO. The summed E-state index contributed by atoms with van der Waals surface area (Å²) in [6.45, 7) is 0. The molecule has 1 heterocycles. The molecule has 1 unspecified atom stereocenters. The first-order valence-electron chi connectivity index (χ1n) is 21.8. The summed E-state index contributed by atoms with van der Waals surface area (Å²) in [5.74, 6) is 0. The molecule has 0 saturated heterocycles. The summed E-state index contributed by atoms with van der Waals surface area (Å²) in [7, 11) is 0. The fourth-order valence-electron chi connectivity index (χ4n) is 10.8. The van der Waals surface area contributed by atoms with Crippen molar-refractivity contribution in [2.45, 2.75) is 5.41 Å². The van der Waals surface area contributed by atoms with Gasteiger partial charge in [-0.1, -0.05) is 188 Å². The number of nitrogens with zero attached hydrogens (tertiary/aromatic N) is 1. The van der Waals surface area contributed by atoms with Gasteiger partial charge in [0.25, 0.3) is 0 Å². The normalized spacial score (nSPS) is 14.4. The van der Waals surface area contributed by atoms with Crippen LogP contribution in [-0.4, -0.2) is 0 Å². The molecule has 0 bridgehead atoms. The van der Waals surface area contributed by atoms with E-state index in [2.05, 4.69) is 241 Å². The summed E-state index contributed by atoms with van der Waals surface area (Å²) >= 11 is 0. The van der Waals surface area contributed by atoms with E-state index in [0.717, 1.165) is 44.6 Å². The van der Waals surface area contributed by atoms with Gasteiger partial charge in [-0.25, -0.2) is 0 Å². The van der Waals surface area contributed by atoms with Crippen molar-refractivity contribution in [1.82, 2.24) is 0 Å². The van der Waals surface area contributed by atoms with Crippen molar-refractivity contribution in [2.75, 3.05) is 4.90 Å². The molecule has 0 radical (unpaired) electrons. The minimum absolute atomic E-state index is 0.693. The largest absolute Gasteiger partial charge is 0.456 e. The summed E-state index contributed by atoms with van der Waals surface area (Å²) in [4.78, 5) is 2.46. The minimum Gasteiger partial charge on any atom is -0.456 e. The Morgan fingerprint density at radius 3 is 1.51 bits per heavy atom. The first-order valence-corrected chi connectivity index (χ1v) is 21.8. The van der Waals surface area contributed by atoms with E-state index in [1.807, 2.05) is 0 Å². The Morgan fingerprint density at radius 2 is 0.794 bits per heavy atom. The van der Waals surface area contributed by atoms with E-state index in [1.54, 1.807) is 0 Å². The molecule has 10 aromatic carbocycles. The number of benzene rings is 10. The monoisotopic (exact) mass is 801 g/mol. The van der Waals surface area contributed by atoms with Crippen LogP contribution in [0.5, 0.6) is 0 Å². The molecule has 11 aromatic rings. The first kappa shape index (κ1) is 35.5. The number of para-hydroxylation sites is 2. The lowest BCUT2D eigenvalue weighted by molar-refractivity contribution is 0.666. The average Bonchev–Trinajstić information content (AvgIpc) is 3.83. The summed E-state index contributed by atoms with van der Waals surface area (Å²) in [5.41, 5.74) is 21.5. The Kier molecular flexibility index (Phi) is 7.85. The third-order valence-electron chi connectivity index (χ3n) is 13.5. The van der Waals surface area contributed by atoms with Crippen molar-refractivity contribution in [3.05, 3.63) is 259 Å². The van der Waals surface area contributed by atoms with Gasteiger partial charge in [0.1, 0.15) is 11.2 Å². The fraction of sp³-hybridized carbons (Fsp3) is 0.0164. The van der Waals surface area contributed by atoms with Crippen LogP contribution in [0.25, 0.3) is 77.6 Å². The van der Waals surface area contributed by atoms with E-state index in [4.69, 9.17) is 4.42 Å². The highest BCUT2D eigenvalue weighted by Gasteiger charge is 2.50. The van der Waals surface area contributed by atoms with Crippen LogP contribution in [0, 0.1) is 0 Å². The van der Waals surface area contributed by atoms with Crippen LogP contribution in [0.3, 0.4) is 0 Å². The van der Waals surface area contributed by atoms with Gasteiger partial charge in [-0.2, -0.15) is 0 Å². The van der Waals surface area contributed by atoms with Crippen molar-refractivity contribution in [3.63, 3.8) is 0 Å². The standard InChI is InChI=1S/C61H39NO/c1-3-17-40(18-4-1)41-31-33-43(34-32-41)62(58-29-15-11-21-45(58)42-19-5-2-6-20-42)44-35-36-50-47-23-8-7-22-46(47)48-24-9-13-27-54(48)61(56(50)37-44)55-28-14-10-25-49(55)52-38-53-51-26-12-16-30-59(51)63-60(53)39-57(52)61/h1-39H. The molecule has 0 amide bonds. The summed E-state index contributed by atoms with van der Waals surface area (Å²) in [5, 5.41) is 2.27. The van der Waals surface area contributed by atoms with Gasteiger partial charge in [0, 0.05) is 27.7 Å². The second-order valence-corrected chi connectivity index (χ2v) is 16.7. The lowest BCUT2D eigenvalue weighted by Gasteiger charge is -2.36. The van der Waals surface area contributed by atoms with Crippen molar-refractivity contribution < 1.29 is 4.42 Å². The second-order valence-electron chi connectivity index (χ2n) is 16.7. The maximum absolute atomic E-state index is 6.75. The highest BCUT2D eigenvalue weighted by atomic mass is 16.3.